The Labute approximate surface area is 96.8 Å². The van der Waals surface area contributed by atoms with Crippen LogP contribution < -0.4 is 4.90 Å². The van der Waals surface area contributed by atoms with Gasteiger partial charge < -0.3 is 14.2 Å². The normalized spacial score (nSPS) is 12.8. The number of hydrogen-bond donors (Lipinski definition) is 0. The SMILES string of the molecule is CCN(c1ccc(C=O)o1)C(C)CN(C)C. The van der Waals surface area contributed by atoms with Gasteiger partial charge in [0.2, 0.25) is 0 Å². The van der Waals surface area contributed by atoms with Crippen molar-refractivity contribution in [2.24, 2.45) is 0 Å². The molecule has 1 aromatic rings. The molecule has 1 atom stereocenters. The molecule has 0 N–H and O–H groups in total. The number of rotatable bonds is 6. The molecule has 0 aliphatic heterocycles. The standard InChI is InChI=1S/C12H20N2O2/c1-5-14(10(2)8-13(3)4)12-7-6-11(9-15)16-12/h6-7,9-10H,5,8H2,1-4H3. The van der Waals surface area contributed by atoms with Crippen molar-refractivity contribution in [3.8, 4) is 0 Å². The summed E-state index contributed by atoms with van der Waals surface area (Å²) in [6, 6.07) is 3.90. The zero-order chi connectivity index (χ0) is 12.1. The lowest BCUT2D eigenvalue weighted by Gasteiger charge is -2.29. The summed E-state index contributed by atoms with van der Waals surface area (Å²) in [5.74, 6) is 1.14. The maximum absolute atomic E-state index is 10.6. The largest absolute Gasteiger partial charge is 0.438 e. The number of carbonyl (C=O) groups excluding carboxylic acids is 1. The zero-order valence-corrected chi connectivity index (χ0v) is 10.4. The van der Waals surface area contributed by atoms with Gasteiger partial charge in [-0.2, -0.15) is 0 Å². The quantitative estimate of drug-likeness (QED) is 0.691. The van der Waals surface area contributed by atoms with Crippen LogP contribution in [0.3, 0.4) is 0 Å². The van der Waals surface area contributed by atoms with E-state index in [1.165, 1.54) is 0 Å². The van der Waals surface area contributed by atoms with Crippen molar-refractivity contribution in [1.82, 2.24) is 4.90 Å². The Hall–Kier alpha value is -1.29. The maximum atomic E-state index is 10.6. The maximum Gasteiger partial charge on any atom is 0.196 e. The summed E-state index contributed by atoms with van der Waals surface area (Å²) in [5, 5.41) is 0. The van der Waals surface area contributed by atoms with Crippen molar-refractivity contribution in [3.05, 3.63) is 17.9 Å². The molecule has 1 unspecified atom stereocenters. The fourth-order valence-corrected chi connectivity index (χ4v) is 1.87. The van der Waals surface area contributed by atoms with Gasteiger partial charge in [-0.25, -0.2) is 0 Å². The van der Waals surface area contributed by atoms with Gasteiger partial charge >= 0.3 is 0 Å². The molecular weight excluding hydrogens is 204 g/mol. The number of furan rings is 1. The van der Waals surface area contributed by atoms with Crippen LogP contribution in [0.2, 0.25) is 0 Å². The van der Waals surface area contributed by atoms with Crippen molar-refractivity contribution in [3.63, 3.8) is 0 Å². The molecule has 0 aliphatic rings. The first kappa shape index (κ1) is 12.8. The average molecular weight is 224 g/mol. The minimum atomic E-state index is 0.352. The molecule has 0 spiro atoms. The smallest absolute Gasteiger partial charge is 0.196 e. The third-order valence-electron chi connectivity index (χ3n) is 2.51. The number of carbonyl (C=O) groups is 1. The fraction of sp³-hybridized carbons (Fsp3) is 0.583. The topological polar surface area (TPSA) is 36.7 Å². The third-order valence-corrected chi connectivity index (χ3v) is 2.51. The van der Waals surface area contributed by atoms with Gasteiger partial charge in [0.05, 0.1) is 0 Å². The molecule has 0 amide bonds. The predicted octanol–water partition coefficient (Wildman–Crippen LogP) is 1.87. The van der Waals surface area contributed by atoms with Crippen molar-refractivity contribution in [1.29, 1.82) is 0 Å². The molecular formula is C12H20N2O2. The minimum absolute atomic E-state index is 0.352. The average Bonchev–Trinajstić information content (AvgIpc) is 2.66. The molecule has 90 valence electrons. The van der Waals surface area contributed by atoms with Crippen molar-refractivity contribution in [2.75, 3.05) is 32.1 Å². The van der Waals surface area contributed by atoms with E-state index in [4.69, 9.17) is 4.42 Å². The molecule has 0 aliphatic carbocycles. The van der Waals surface area contributed by atoms with Gasteiger partial charge in [-0.1, -0.05) is 0 Å². The second kappa shape index (κ2) is 5.70. The van der Waals surface area contributed by atoms with E-state index in [0.29, 0.717) is 11.8 Å². The van der Waals surface area contributed by atoms with Crippen LogP contribution in [0, 0.1) is 0 Å². The third kappa shape index (κ3) is 3.10. The summed E-state index contributed by atoms with van der Waals surface area (Å²) >= 11 is 0. The van der Waals surface area contributed by atoms with Gasteiger partial charge in [0, 0.05) is 25.2 Å². The first-order valence-electron chi connectivity index (χ1n) is 5.54. The minimum Gasteiger partial charge on any atom is -0.438 e. The Morgan fingerprint density at radius 2 is 2.12 bits per heavy atom. The Kier molecular flexibility index (Phi) is 4.55. The van der Waals surface area contributed by atoms with Crippen LogP contribution >= 0.6 is 0 Å². The van der Waals surface area contributed by atoms with E-state index in [2.05, 4.69) is 23.6 Å². The second-order valence-electron chi connectivity index (χ2n) is 4.19. The molecule has 0 aromatic carbocycles. The molecule has 0 saturated carbocycles. The van der Waals surface area contributed by atoms with Gasteiger partial charge in [-0.05, 0) is 34.0 Å². The molecule has 1 heterocycles. The van der Waals surface area contributed by atoms with Crippen LogP contribution in [-0.4, -0.2) is 44.4 Å². The van der Waals surface area contributed by atoms with Crippen LogP contribution in [0.1, 0.15) is 24.4 Å². The highest BCUT2D eigenvalue weighted by Gasteiger charge is 2.16. The molecule has 0 saturated heterocycles. The Bertz CT molecular complexity index is 334. The van der Waals surface area contributed by atoms with Crippen LogP contribution in [0.15, 0.2) is 16.5 Å². The zero-order valence-electron chi connectivity index (χ0n) is 10.4. The summed E-state index contributed by atoms with van der Waals surface area (Å²) in [6.45, 7) is 6.04. The lowest BCUT2D eigenvalue weighted by molar-refractivity contribution is 0.110. The van der Waals surface area contributed by atoms with Gasteiger partial charge in [0.25, 0.3) is 0 Å². The van der Waals surface area contributed by atoms with Crippen LogP contribution in [0.5, 0.6) is 0 Å². The number of likely N-dealkylation sites (N-methyl/N-ethyl adjacent to an activating group) is 2. The fourth-order valence-electron chi connectivity index (χ4n) is 1.87. The molecule has 1 rings (SSSR count). The Balaban J connectivity index is 2.76. The number of anilines is 1. The van der Waals surface area contributed by atoms with Crippen LogP contribution in [0.4, 0.5) is 5.88 Å². The monoisotopic (exact) mass is 224 g/mol. The summed E-state index contributed by atoms with van der Waals surface area (Å²) in [4.78, 5) is 14.8. The van der Waals surface area contributed by atoms with E-state index in [1.807, 2.05) is 20.2 Å². The second-order valence-corrected chi connectivity index (χ2v) is 4.19. The molecule has 16 heavy (non-hydrogen) atoms. The summed E-state index contributed by atoms with van der Waals surface area (Å²) in [6.07, 6.45) is 0.730. The molecule has 4 nitrogen and oxygen atoms in total. The van der Waals surface area contributed by atoms with Gasteiger partial charge in [0.15, 0.2) is 17.9 Å². The van der Waals surface area contributed by atoms with E-state index in [0.717, 1.165) is 25.3 Å². The molecule has 0 bridgehead atoms. The summed E-state index contributed by atoms with van der Waals surface area (Å²) in [7, 11) is 4.09. The van der Waals surface area contributed by atoms with E-state index < -0.39 is 0 Å². The van der Waals surface area contributed by atoms with E-state index in [9.17, 15) is 4.79 Å². The van der Waals surface area contributed by atoms with E-state index in [1.54, 1.807) is 6.07 Å². The number of aldehydes is 1. The Morgan fingerprint density at radius 3 is 2.56 bits per heavy atom. The molecule has 0 radical (unpaired) electrons. The van der Waals surface area contributed by atoms with Gasteiger partial charge in [-0.15, -0.1) is 0 Å². The lowest BCUT2D eigenvalue weighted by atomic mass is 10.2. The number of hydrogen-bond acceptors (Lipinski definition) is 4. The van der Waals surface area contributed by atoms with E-state index in [-0.39, 0.29) is 0 Å². The summed E-state index contributed by atoms with van der Waals surface area (Å²) in [5.41, 5.74) is 0. The first-order chi connectivity index (χ1) is 7.58. The van der Waals surface area contributed by atoms with Crippen LogP contribution in [0.25, 0.3) is 0 Å². The van der Waals surface area contributed by atoms with Crippen molar-refractivity contribution in [2.45, 2.75) is 19.9 Å². The highest BCUT2D eigenvalue weighted by atomic mass is 16.4. The van der Waals surface area contributed by atoms with E-state index >= 15 is 0 Å². The van der Waals surface area contributed by atoms with Crippen LogP contribution in [-0.2, 0) is 0 Å². The highest BCUT2D eigenvalue weighted by Crippen LogP contribution is 2.19. The first-order valence-corrected chi connectivity index (χ1v) is 5.54. The predicted molar refractivity (Wildman–Crippen MR) is 65.1 cm³/mol. The van der Waals surface area contributed by atoms with Gasteiger partial charge in [0.1, 0.15) is 0 Å². The molecule has 0 fully saturated rings. The number of nitrogens with zero attached hydrogens (tertiary/aromatic N) is 2. The molecule has 4 heteroatoms. The summed E-state index contributed by atoms with van der Waals surface area (Å²) < 4.78 is 5.43. The Morgan fingerprint density at radius 1 is 1.44 bits per heavy atom. The lowest BCUT2D eigenvalue weighted by Crippen LogP contribution is -2.39. The van der Waals surface area contributed by atoms with Crippen molar-refractivity contribution >= 4 is 12.2 Å². The highest BCUT2D eigenvalue weighted by molar-refractivity contribution is 5.71. The van der Waals surface area contributed by atoms with Gasteiger partial charge in [-0.3, -0.25) is 4.79 Å². The molecule has 1 aromatic heterocycles. The van der Waals surface area contributed by atoms with Crippen molar-refractivity contribution < 1.29 is 9.21 Å².